The van der Waals surface area contributed by atoms with E-state index in [4.69, 9.17) is 0 Å². The lowest BCUT2D eigenvalue weighted by atomic mass is 10.2. The molecule has 3 rings (SSSR count). The van der Waals surface area contributed by atoms with E-state index < -0.39 is 6.10 Å². The molecule has 0 fully saturated rings. The van der Waals surface area contributed by atoms with Gasteiger partial charge in [0, 0.05) is 0 Å². The number of nitrogens with zero attached hydrogens (tertiary/aromatic N) is 2. The van der Waals surface area contributed by atoms with Crippen molar-refractivity contribution >= 4 is 10.9 Å². The second-order valence-corrected chi connectivity index (χ2v) is 3.64. The van der Waals surface area contributed by atoms with Crippen LogP contribution in [0.3, 0.4) is 0 Å². The summed E-state index contributed by atoms with van der Waals surface area (Å²) in [5.41, 5.74) is 0.909. The van der Waals surface area contributed by atoms with E-state index in [1.165, 1.54) is 0 Å². The van der Waals surface area contributed by atoms with Crippen LogP contribution in [0.5, 0.6) is 0 Å². The Kier molecular flexibility index (Phi) is 1.39. The van der Waals surface area contributed by atoms with Gasteiger partial charge in [-0.05, 0) is 12.1 Å². The van der Waals surface area contributed by atoms with Gasteiger partial charge >= 0.3 is 0 Å². The van der Waals surface area contributed by atoms with Crippen molar-refractivity contribution in [3.63, 3.8) is 0 Å². The van der Waals surface area contributed by atoms with Crippen LogP contribution in [0, 0.1) is 0 Å². The highest BCUT2D eigenvalue weighted by Gasteiger charge is 2.22. The zero-order valence-corrected chi connectivity index (χ0v) is 7.55. The predicted molar refractivity (Wildman–Crippen MR) is 52.2 cm³/mol. The van der Waals surface area contributed by atoms with E-state index in [-0.39, 0.29) is 5.56 Å². The molecule has 4 nitrogen and oxygen atoms in total. The van der Waals surface area contributed by atoms with Gasteiger partial charge in [-0.2, -0.15) is 0 Å². The van der Waals surface area contributed by atoms with E-state index in [0.717, 1.165) is 10.9 Å². The summed E-state index contributed by atoms with van der Waals surface area (Å²) in [6.45, 7) is 0.927. The van der Waals surface area contributed by atoms with Crippen LogP contribution in [0.1, 0.15) is 0 Å². The molecule has 1 aliphatic rings. The van der Waals surface area contributed by atoms with Crippen molar-refractivity contribution in [3.8, 4) is 0 Å². The smallest absolute Gasteiger partial charge is 0.274 e. The molecule has 0 aliphatic carbocycles. The highest BCUT2D eigenvalue weighted by atomic mass is 16.3. The second kappa shape index (κ2) is 2.48. The first-order chi connectivity index (χ1) is 6.77. The Hall–Kier alpha value is -1.55. The molecular formula is C10H10N2O2. The van der Waals surface area contributed by atoms with E-state index in [0.29, 0.717) is 13.1 Å². The molecule has 1 aliphatic heterocycles. The van der Waals surface area contributed by atoms with Gasteiger partial charge < -0.3 is 5.11 Å². The van der Waals surface area contributed by atoms with E-state index in [1.807, 2.05) is 28.9 Å². The number of aliphatic hydroxyl groups excluding tert-OH is 1. The number of para-hydroxylation sites is 1. The Morgan fingerprint density at radius 1 is 1.21 bits per heavy atom. The highest BCUT2D eigenvalue weighted by molar-refractivity contribution is 5.78. The van der Waals surface area contributed by atoms with E-state index in [2.05, 4.69) is 0 Å². The molecule has 1 aromatic heterocycles. The van der Waals surface area contributed by atoms with Crippen molar-refractivity contribution in [2.45, 2.75) is 19.2 Å². The molecule has 0 unspecified atom stereocenters. The van der Waals surface area contributed by atoms with Crippen LogP contribution in [0.4, 0.5) is 0 Å². The molecular weight excluding hydrogens is 180 g/mol. The normalized spacial score (nSPS) is 20.2. The van der Waals surface area contributed by atoms with Gasteiger partial charge in [0.2, 0.25) is 0 Å². The molecule has 0 amide bonds. The predicted octanol–water partition coefficient (Wildman–Crippen LogP) is 0.177. The number of aliphatic hydroxyl groups is 1. The first kappa shape index (κ1) is 7.82. The maximum atomic E-state index is 11.8. The Morgan fingerprint density at radius 3 is 2.79 bits per heavy atom. The van der Waals surface area contributed by atoms with E-state index >= 15 is 0 Å². The molecule has 0 saturated carbocycles. The molecule has 0 radical (unpaired) electrons. The Bertz CT molecular complexity index is 553. The van der Waals surface area contributed by atoms with Crippen LogP contribution in [0.25, 0.3) is 10.9 Å². The summed E-state index contributed by atoms with van der Waals surface area (Å²) in [6.07, 6.45) is -0.424. The van der Waals surface area contributed by atoms with Gasteiger partial charge in [-0.3, -0.25) is 9.48 Å². The number of hydrogen-bond acceptors (Lipinski definition) is 2. The van der Waals surface area contributed by atoms with Crippen LogP contribution < -0.4 is 5.56 Å². The largest absolute Gasteiger partial charge is 0.389 e. The summed E-state index contributed by atoms with van der Waals surface area (Å²) >= 11 is 0. The van der Waals surface area contributed by atoms with Gasteiger partial charge in [-0.25, -0.2) is 4.68 Å². The van der Waals surface area contributed by atoms with Gasteiger partial charge in [0.25, 0.3) is 5.56 Å². The Morgan fingerprint density at radius 2 is 1.93 bits per heavy atom. The van der Waals surface area contributed by atoms with Crippen molar-refractivity contribution in [2.24, 2.45) is 0 Å². The number of fused-ring (bicyclic) bond motifs is 3. The summed E-state index contributed by atoms with van der Waals surface area (Å²) in [6, 6.07) is 7.49. The van der Waals surface area contributed by atoms with E-state index in [9.17, 15) is 9.90 Å². The van der Waals surface area contributed by atoms with Crippen LogP contribution in [-0.4, -0.2) is 20.6 Å². The Labute approximate surface area is 80.0 Å². The van der Waals surface area contributed by atoms with Crippen molar-refractivity contribution in [1.82, 2.24) is 9.36 Å². The average molecular weight is 190 g/mol. The first-order valence-electron chi connectivity index (χ1n) is 4.64. The SMILES string of the molecule is O=c1c2ccccc2n2n1C[C@H](O)C2. The third-order valence-corrected chi connectivity index (χ3v) is 2.71. The van der Waals surface area contributed by atoms with Crippen LogP contribution in [-0.2, 0) is 13.1 Å². The molecule has 0 spiro atoms. The number of aromatic nitrogens is 2. The van der Waals surface area contributed by atoms with Crippen LogP contribution in [0.2, 0.25) is 0 Å². The fourth-order valence-electron chi connectivity index (χ4n) is 2.09. The fourth-order valence-corrected chi connectivity index (χ4v) is 2.09. The van der Waals surface area contributed by atoms with Gasteiger partial charge in [-0.1, -0.05) is 12.1 Å². The number of rotatable bonds is 0. The monoisotopic (exact) mass is 190 g/mol. The zero-order valence-electron chi connectivity index (χ0n) is 7.55. The molecule has 72 valence electrons. The second-order valence-electron chi connectivity index (χ2n) is 3.64. The van der Waals surface area contributed by atoms with Gasteiger partial charge in [0.05, 0.1) is 30.1 Å². The van der Waals surface area contributed by atoms with Crippen molar-refractivity contribution in [3.05, 3.63) is 34.6 Å². The van der Waals surface area contributed by atoms with Crippen molar-refractivity contribution in [2.75, 3.05) is 0 Å². The van der Waals surface area contributed by atoms with Gasteiger partial charge in [0.1, 0.15) is 0 Å². The van der Waals surface area contributed by atoms with E-state index in [1.54, 1.807) is 4.68 Å². The lowest BCUT2D eigenvalue weighted by Crippen LogP contribution is -2.18. The summed E-state index contributed by atoms with van der Waals surface area (Å²) in [4.78, 5) is 11.8. The fraction of sp³-hybridized carbons (Fsp3) is 0.300. The maximum Gasteiger partial charge on any atom is 0.274 e. The molecule has 1 N–H and O–H groups in total. The van der Waals surface area contributed by atoms with Crippen LogP contribution in [0.15, 0.2) is 29.1 Å². The first-order valence-corrected chi connectivity index (χ1v) is 4.64. The number of hydrogen-bond donors (Lipinski definition) is 1. The molecule has 0 saturated heterocycles. The Balaban J connectivity index is 2.44. The molecule has 2 aromatic rings. The van der Waals surface area contributed by atoms with Crippen molar-refractivity contribution in [1.29, 1.82) is 0 Å². The quantitative estimate of drug-likeness (QED) is 0.644. The highest BCUT2D eigenvalue weighted by Crippen LogP contribution is 2.15. The third kappa shape index (κ3) is 0.834. The van der Waals surface area contributed by atoms with Gasteiger partial charge in [-0.15, -0.1) is 0 Å². The topological polar surface area (TPSA) is 47.2 Å². The molecule has 2 heterocycles. The molecule has 4 heteroatoms. The standard InChI is InChI=1S/C10H10N2O2/c13-7-5-11-9-4-2-1-3-8(9)10(14)12(11)6-7/h1-4,7,13H,5-6H2/t7-/m1/s1. The minimum absolute atomic E-state index is 0.00264. The molecule has 1 atom stereocenters. The lowest BCUT2D eigenvalue weighted by molar-refractivity contribution is 0.170. The minimum Gasteiger partial charge on any atom is -0.389 e. The third-order valence-electron chi connectivity index (χ3n) is 2.71. The average Bonchev–Trinajstić information content (AvgIpc) is 2.68. The van der Waals surface area contributed by atoms with Gasteiger partial charge in [0.15, 0.2) is 0 Å². The van der Waals surface area contributed by atoms with Crippen LogP contribution >= 0.6 is 0 Å². The minimum atomic E-state index is -0.424. The summed E-state index contributed by atoms with van der Waals surface area (Å²) in [5.74, 6) is 0. The maximum absolute atomic E-state index is 11.8. The lowest BCUT2D eigenvalue weighted by Gasteiger charge is -1.98. The number of benzene rings is 1. The summed E-state index contributed by atoms with van der Waals surface area (Å²) < 4.78 is 3.46. The zero-order chi connectivity index (χ0) is 9.71. The summed E-state index contributed by atoms with van der Waals surface area (Å²) in [7, 11) is 0. The summed E-state index contributed by atoms with van der Waals surface area (Å²) in [5, 5.41) is 10.2. The molecule has 14 heavy (non-hydrogen) atoms. The molecule has 0 bridgehead atoms. The van der Waals surface area contributed by atoms with Crippen molar-refractivity contribution < 1.29 is 5.11 Å². The molecule has 1 aromatic carbocycles.